The lowest BCUT2D eigenvalue weighted by molar-refractivity contribution is -0.133. The van der Waals surface area contributed by atoms with E-state index in [1.807, 2.05) is 11.8 Å². The van der Waals surface area contributed by atoms with Crippen LogP contribution in [0.4, 0.5) is 0 Å². The number of carbonyl (C=O) groups excluding carboxylic acids is 2. The minimum Gasteiger partial charge on any atom is -0.341 e. The third-order valence-electron chi connectivity index (χ3n) is 5.95. The molecule has 0 saturated carbocycles. The van der Waals surface area contributed by atoms with Crippen molar-refractivity contribution >= 4 is 23.2 Å². The quantitative estimate of drug-likeness (QED) is 0.781. The van der Waals surface area contributed by atoms with Gasteiger partial charge in [-0.3, -0.25) is 9.59 Å². The van der Waals surface area contributed by atoms with E-state index in [0.29, 0.717) is 5.92 Å². The van der Waals surface area contributed by atoms with Gasteiger partial charge in [0.2, 0.25) is 5.91 Å². The predicted octanol–water partition coefficient (Wildman–Crippen LogP) is 1.98. The van der Waals surface area contributed by atoms with Crippen molar-refractivity contribution in [3.05, 3.63) is 28.7 Å². The van der Waals surface area contributed by atoms with Crippen molar-refractivity contribution < 1.29 is 9.59 Å². The summed E-state index contributed by atoms with van der Waals surface area (Å²) in [5.41, 5.74) is 2.58. The summed E-state index contributed by atoms with van der Waals surface area (Å²) in [6.45, 7) is 4.46. The molecule has 0 aromatic carbocycles. The first-order valence-electron chi connectivity index (χ1n) is 9.94. The number of aryl methyl sites for hydroxylation is 1. The molecule has 4 rings (SSSR count). The highest BCUT2D eigenvalue weighted by Gasteiger charge is 2.36. The van der Waals surface area contributed by atoms with Crippen LogP contribution >= 0.6 is 11.3 Å². The van der Waals surface area contributed by atoms with Crippen LogP contribution in [0.5, 0.6) is 0 Å². The molecule has 0 N–H and O–H groups in total. The molecule has 2 aromatic rings. The molecule has 4 heterocycles. The van der Waals surface area contributed by atoms with E-state index in [4.69, 9.17) is 0 Å². The average Bonchev–Trinajstić information content (AvgIpc) is 3.39. The molecule has 2 aromatic heterocycles. The number of nitrogens with zero attached hydrogens (tertiary/aromatic N) is 6. The van der Waals surface area contributed by atoms with E-state index in [9.17, 15) is 9.59 Å². The van der Waals surface area contributed by atoms with Gasteiger partial charge >= 0.3 is 0 Å². The molecule has 2 aliphatic heterocycles. The molecule has 0 radical (unpaired) electrons. The highest BCUT2D eigenvalue weighted by atomic mass is 32.1. The lowest BCUT2D eigenvalue weighted by Gasteiger charge is -2.43. The van der Waals surface area contributed by atoms with Crippen LogP contribution in [-0.2, 0) is 11.3 Å². The number of hydrogen-bond acceptors (Lipinski definition) is 6. The summed E-state index contributed by atoms with van der Waals surface area (Å²) in [6.07, 6.45) is 8.19. The van der Waals surface area contributed by atoms with Crippen LogP contribution in [0, 0.1) is 12.8 Å². The second kappa shape index (κ2) is 8.38. The summed E-state index contributed by atoms with van der Waals surface area (Å²) in [7, 11) is 0. The van der Waals surface area contributed by atoms with E-state index in [0.717, 1.165) is 55.9 Å². The first kappa shape index (κ1) is 19.0. The fourth-order valence-corrected chi connectivity index (χ4v) is 5.18. The fraction of sp³-hybridized carbons (Fsp3) is 0.632. The molecule has 8 nitrogen and oxygen atoms in total. The van der Waals surface area contributed by atoms with Gasteiger partial charge in [-0.15, -0.1) is 11.3 Å². The molecule has 28 heavy (non-hydrogen) atoms. The van der Waals surface area contributed by atoms with Crippen LogP contribution in [-0.4, -0.2) is 67.0 Å². The van der Waals surface area contributed by atoms with Crippen LogP contribution in [0.3, 0.4) is 0 Å². The Morgan fingerprint density at radius 3 is 2.68 bits per heavy atom. The van der Waals surface area contributed by atoms with Gasteiger partial charge in [0.1, 0.15) is 24.1 Å². The number of carbonyl (C=O) groups is 2. The Kier molecular flexibility index (Phi) is 5.70. The summed E-state index contributed by atoms with van der Waals surface area (Å²) in [6, 6.07) is 0.273. The van der Waals surface area contributed by atoms with Crippen LogP contribution in [0.25, 0.3) is 0 Å². The van der Waals surface area contributed by atoms with Crippen molar-refractivity contribution in [3.8, 4) is 0 Å². The smallest absolute Gasteiger partial charge is 0.266 e. The molecule has 1 atom stereocenters. The Hall–Kier alpha value is -2.29. The fourth-order valence-electron chi connectivity index (χ4n) is 4.42. The molecule has 9 heteroatoms. The molecule has 2 aliphatic rings. The monoisotopic (exact) mass is 402 g/mol. The molecule has 0 unspecified atom stereocenters. The van der Waals surface area contributed by atoms with Gasteiger partial charge in [0.25, 0.3) is 5.91 Å². The molecular weight excluding hydrogens is 376 g/mol. The van der Waals surface area contributed by atoms with Gasteiger partial charge < -0.3 is 9.80 Å². The Morgan fingerprint density at radius 1 is 1.18 bits per heavy atom. The number of likely N-dealkylation sites (tertiary alicyclic amines) is 2. The van der Waals surface area contributed by atoms with Crippen LogP contribution in [0.2, 0.25) is 0 Å². The van der Waals surface area contributed by atoms with E-state index < -0.39 is 0 Å². The molecular formula is C19H26N6O2S. The maximum absolute atomic E-state index is 13.1. The minimum atomic E-state index is 0.0841. The van der Waals surface area contributed by atoms with E-state index in [1.165, 1.54) is 24.1 Å². The van der Waals surface area contributed by atoms with Crippen LogP contribution in [0.1, 0.15) is 47.5 Å². The van der Waals surface area contributed by atoms with Crippen LogP contribution in [0.15, 0.2) is 18.2 Å². The predicted molar refractivity (Wildman–Crippen MR) is 105 cm³/mol. The molecule has 0 spiro atoms. The summed E-state index contributed by atoms with van der Waals surface area (Å²) in [5.74, 6) is 0.670. The number of aromatic nitrogens is 4. The molecule has 2 amide bonds. The van der Waals surface area contributed by atoms with Crippen molar-refractivity contribution in [3.63, 3.8) is 0 Å². The lowest BCUT2D eigenvalue weighted by Crippen LogP contribution is -2.51. The third-order valence-corrected chi connectivity index (χ3v) is 6.87. The first-order chi connectivity index (χ1) is 13.6. The Balaban J connectivity index is 1.37. The molecule has 150 valence electrons. The maximum Gasteiger partial charge on any atom is 0.266 e. The summed E-state index contributed by atoms with van der Waals surface area (Å²) in [4.78, 5) is 38.5. The Morgan fingerprint density at radius 2 is 2.00 bits per heavy atom. The number of piperidine rings is 2. The van der Waals surface area contributed by atoms with Gasteiger partial charge in [-0.1, -0.05) is 0 Å². The molecule has 0 bridgehead atoms. The van der Waals surface area contributed by atoms with Gasteiger partial charge in [0.05, 0.1) is 11.2 Å². The number of amides is 2. The zero-order valence-corrected chi connectivity index (χ0v) is 17.0. The third kappa shape index (κ3) is 3.94. The second-order valence-corrected chi connectivity index (χ2v) is 8.49. The van der Waals surface area contributed by atoms with Gasteiger partial charge in [0, 0.05) is 25.7 Å². The topological polar surface area (TPSA) is 84.2 Å². The van der Waals surface area contributed by atoms with Gasteiger partial charge in [-0.25, -0.2) is 14.6 Å². The maximum atomic E-state index is 13.1. The second-order valence-electron chi connectivity index (χ2n) is 7.64. The summed E-state index contributed by atoms with van der Waals surface area (Å²) < 4.78 is 1.56. The molecule has 2 saturated heterocycles. The van der Waals surface area contributed by atoms with E-state index in [1.54, 1.807) is 16.5 Å². The van der Waals surface area contributed by atoms with Crippen LogP contribution < -0.4 is 0 Å². The number of rotatable bonds is 4. The summed E-state index contributed by atoms with van der Waals surface area (Å²) >= 11 is 1.44. The normalized spacial score (nSPS) is 21.1. The zero-order chi connectivity index (χ0) is 19.5. The summed E-state index contributed by atoms with van der Waals surface area (Å²) in [5, 5.41) is 4.01. The van der Waals surface area contributed by atoms with E-state index in [2.05, 4.69) is 20.0 Å². The van der Waals surface area contributed by atoms with Crippen molar-refractivity contribution in [2.45, 2.75) is 51.6 Å². The van der Waals surface area contributed by atoms with Crippen molar-refractivity contribution in [1.29, 1.82) is 0 Å². The minimum absolute atomic E-state index is 0.0841. The van der Waals surface area contributed by atoms with Crippen molar-refractivity contribution in [2.24, 2.45) is 5.92 Å². The highest BCUT2D eigenvalue weighted by Crippen LogP contribution is 2.32. The molecule has 0 aliphatic carbocycles. The Labute approximate surface area is 168 Å². The lowest BCUT2D eigenvalue weighted by atomic mass is 9.83. The first-order valence-corrected chi connectivity index (χ1v) is 10.8. The number of hydrogen-bond donors (Lipinski definition) is 0. The zero-order valence-electron chi connectivity index (χ0n) is 16.2. The van der Waals surface area contributed by atoms with E-state index in [-0.39, 0.29) is 24.4 Å². The average molecular weight is 403 g/mol. The Bertz CT molecular complexity index is 812. The SMILES string of the molecule is Cc1ncsc1C(=O)N1CCCC[C@H]1C1CCN(C(=O)Cn2cncn2)CC1. The largest absolute Gasteiger partial charge is 0.341 e. The standard InChI is InChI=1S/C19H26N6O2S/c1-14-18(28-13-21-14)19(27)25-7-3-2-4-16(25)15-5-8-23(9-6-15)17(26)10-24-12-20-11-22-24/h11-13,15-16H,2-10H2,1H3/t16-/m0/s1. The van der Waals surface area contributed by atoms with Gasteiger partial charge in [0.15, 0.2) is 0 Å². The number of thiazole rings is 1. The van der Waals surface area contributed by atoms with E-state index >= 15 is 0 Å². The van der Waals surface area contributed by atoms with Gasteiger partial charge in [-0.05, 0) is 44.9 Å². The highest BCUT2D eigenvalue weighted by molar-refractivity contribution is 7.11. The molecule has 2 fully saturated rings. The van der Waals surface area contributed by atoms with Gasteiger partial charge in [-0.2, -0.15) is 5.10 Å². The van der Waals surface area contributed by atoms with Crippen molar-refractivity contribution in [2.75, 3.05) is 19.6 Å². The van der Waals surface area contributed by atoms with Crippen molar-refractivity contribution in [1.82, 2.24) is 29.5 Å².